The molecule has 1 amide bonds. The third-order valence-electron chi connectivity index (χ3n) is 6.28. The van der Waals surface area contributed by atoms with Gasteiger partial charge in [-0.25, -0.2) is 9.59 Å². The summed E-state index contributed by atoms with van der Waals surface area (Å²) in [5, 5.41) is 2.51. The average molecular weight is 437 g/mol. The smallest absolute Gasteiger partial charge is 0.407 e. The van der Waals surface area contributed by atoms with Crippen molar-refractivity contribution in [3.8, 4) is 11.1 Å². The molecular weight excluding hydrogens is 410 g/mol. The highest BCUT2D eigenvalue weighted by atomic mass is 16.6. The molecule has 4 rings (SSSR count). The molecule has 2 aromatic rings. The number of alkyl carbamates (subject to hydrolysis) is 1. The van der Waals surface area contributed by atoms with Gasteiger partial charge in [0.1, 0.15) is 12.7 Å². The molecule has 1 N–H and O–H groups in total. The van der Waals surface area contributed by atoms with Crippen LogP contribution < -0.4 is 5.32 Å². The molecule has 1 fully saturated rings. The van der Waals surface area contributed by atoms with E-state index in [-0.39, 0.29) is 24.4 Å². The number of rotatable bonds is 7. The van der Waals surface area contributed by atoms with Crippen LogP contribution in [-0.4, -0.2) is 43.9 Å². The minimum atomic E-state index is -1.15. The summed E-state index contributed by atoms with van der Waals surface area (Å²) < 4.78 is 15.7. The first-order valence-electron chi connectivity index (χ1n) is 10.9. The van der Waals surface area contributed by atoms with Gasteiger partial charge < -0.3 is 19.5 Å². The minimum absolute atomic E-state index is 0.0985. The highest BCUT2D eigenvalue weighted by Crippen LogP contribution is 2.44. The van der Waals surface area contributed by atoms with Gasteiger partial charge in [0.25, 0.3) is 0 Å². The molecule has 0 saturated heterocycles. The third-order valence-corrected chi connectivity index (χ3v) is 6.28. The maximum Gasteiger partial charge on any atom is 0.407 e. The minimum Gasteiger partial charge on any atom is -0.467 e. The Balaban J connectivity index is 1.40. The summed E-state index contributed by atoms with van der Waals surface area (Å²) in [6, 6.07) is 14.9. The number of methoxy groups -OCH3 is 1. The Kier molecular flexibility index (Phi) is 6.44. The zero-order valence-corrected chi connectivity index (χ0v) is 18.2. The van der Waals surface area contributed by atoms with Crippen LogP contribution >= 0.6 is 0 Å². The summed E-state index contributed by atoms with van der Waals surface area (Å²) in [7, 11) is 1.22. The van der Waals surface area contributed by atoms with Gasteiger partial charge in [0.15, 0.2) is 6.04 Å². The van der Waals surface area contributed by atoms with Crippen LogP contribution in [0.1, 0.15) is 43.2 Å². The van der Waals surface area contributed by atoms with Crippen molar-refractivity contribution in [3.05, 3.63) is 59.7 Å². The van der Waals surface area contributed by atoms with Crippen molar-refractivity contribution in [1.82, 2.24) is 5.32 Å². The number of carbonyl (C=O) groups is 3. The molecule has 1 saturated carbocycles. The molecule has 32 heavy (non-hydrogen) atoms. The molecule has 7 heteroatoms. The average Bonchev–Trinajstić information content (AvgIpc) is 3.08. The fraction of sp³-hybridized carbons (Fsp3) is 0.400. The molecule has 0 radical (unpaired) electrons. The third kappa shape index (κ3) is 4.33. The number of nitrogens with one attached hydrogen (secondary N) is 1. The molecule has 2 aromatic carbocycles. The lowest BCUT2D eigenvalue weighted by Crippen LogP contribution is -2.50. The lowest BCUT2D eigenvalue weighted by atomic mass is 9.85. The largest absolute Gasteiger partial charge is 0.467 e. The Morgan fingerprint density at radius 3 is 2.12 bits per heavy atom. The molecule has 0 bridgehead atoms. The number of carbonyl (C=O) groups excluding carboxylic acids is 3. The highest BCUT2D eigenvalue weighted by molar-refractivity contribution is 5.83. The fourth-order valence-corrected chi connectivity index (χ4v) is 4.25. The van der Waals surface area contributed by atoms with Crippen LogP contribution in [0, 0.1) is 5.92 Å². The van der Waals surface area contributed by atoms with Gasteiger partial charge in [0, 0.05) is 5.92 Å². The summed E-state index contributed by atoms with van der Waals surface area (Å²) in [6.07, 6.45) is 0.916. The number of amides is 1. The number of ether oxygens (including phenoxy) is 3. The topological polar surface area (TPSA) is 90.9 Å². The van der Waals surface area contributed by atoms with E-state index < -0.39 is 24.2 Å². The number of hydrogen-bond donors (Lipinski definition) is 1. The molecule has 0 heterocycles. The first-order chi connectivity index (χ1) is 15.5. The van der Waals surface area contributed by atoms with E-state index in [2.05, 4.69) is 17.4 Å². The Hall–Kier alpha value is -3.35. The number of fused-ring (bicyclic) bond motifs is 3. The van der Waals surface area contributed by atoms with Crippen molar-refractivity contribution in [2.45, 2.75) is 44.2 Å². The van der Waals surface area contributed by atoms with E-state index >= 15 is 0 Å². The van der Waals surface area contributed by atoms with Crippen LogP contribution in [0.4, 0.5) is 4.79 Å². The second-order valence-electron chi connectivity index (χ2n) is 8.24. The Morgan fingerprint density at radius 2 is 1.59 bits per heavy atom. The molecular formula is C25H27NO6. The normalized spacial score (nSPS) is 16.7. The van der Waals surface area contributed by atoms with Gasteiger partial charge >= 0.3 is 18.0 Å². The lowest BCUT2D eigenvalue weighted by Gasteiger charge is -2.28. The summed E-state index contributed by atoms with van der Waals surface area (Å²) in [4.78, 5) is 36.9. The van der Waals surface area contributed by atoms with Crippen molar-refractivity contribution in [1.29, 1.82) is 0 Å². The molecule has 7 nitrogen and oxygen atoms in total. The molecule has 2 aliphatic carbocycles. The quantitative estimate of drug-likeness (QED) is 0.523. The predicted octanol–water partition coefficient (Wildman–Crippen LogP) is 3.80. The Labute approximate surface area is 187 Å². The molecule has 0 unspecified atom stereocenters. The van der Waals surface area contributed by atoms with Crippen molar-refractivity contribution in [3.63, 3.8) is 0 Å². The highest BCUT2D eigenvalue weighted by Gasteiger charge is 2.35. The van der Waals surface area contributed by atoms with Crippen LogP contribution in [0.3, 0.4) is 0 Å². The van der Waals surface area contributed by atoms with Crippen molar-refractivity contribution >= 4 is 18.0 Å². The van der Waals surface area contributed by atoms with Gasteiger partial charge in [0.2, 0.25) is 0 Å². The van der Waals surface area contributed by atoms with E-state index in [1.165, 1.54) is 7.11 Å². The van der Waals surface area contributed by atoms with Crippen LogP contribution in [-0.2, 0) is 23.8 Å². The Bertz CT molecular complexity index is 969. The molecule has 2 aliphatic rings. The standard InChI is InChI=1S/C25H27NO6/c1-15(32-23(27)16-8-7-9-16)22(24(28)30-2)26-25(29)31-14-21-19-12-5-3-10-17(19)18-11-4-6-13-20(18)21/h3-6,10-13,15-16,21-22H,7-9,14H2,1-2H3,(H,26,29)/t15-,22-/m0/s1. The van der Waals surface area contributed by atoms with Crippen LogP contribution in [0.15, 0.2) is 48.5 Å². The van der Waals surface area contributed by atoms with E-state index in [0.717, 1.165) is 41.5 Å². The Morgan fingerprint density at radius 1 is 1.00 bits per heavy atom. The van der Waals surface area contributed by atoms with E-state index in [1.807, 2.05) is 36.4 Å². The first kappa shape index (κ1) is 21.9. The SMILES string of the molecule is COC(=O)[C@@H](NC(=O)OCC1c2ccccc2-c2ccccc21)[C@H](C)OC(=O)C1CCC1. The van der Waals surface area contributed by atoms with Gasteiger partial charge in [-0.05, 0) is 42.0 Å². The van der Waals surface area contributed by atoms with Gasteiger partial charge in [-0.3, -0.25) is 4.79 Å². The van der Waals surface area contributed by atoms with Gasteiger partial charge in [0.05, 0.1) is 13.0 Å². The van der Waals surface area contributed by atoms with Crippen LogP contribution in [0.5, 0.6) is 0 Å². The molecule has 168 valence electrons. The molecule has 0 spiro atoms. The molecule has 0 aromatic heterocycles. The summed E-state index contributed by atoms with van der Waals surface area (Å²) >= 11 is 0. The lowest BCUT2D eigenvalue weighted by molar-refractivity contribution is -0.161. The zero-order chi connectivity index (χ0) is 22.7. The zero-order valence-electron chi connectivity index (χ0n) is 18.2. The van der Waals surface area contributed by atoms with E-state index in [0.29, 0.717) is 0 Å². The van der Waals surface area contributed by atoms with Gasteiger partial charge in [-0.15, -0.1) is 0 Å². The fourth-order valence-electron chi connectivity index (χ4n) is 4.25. The second-order valence-corrected chi connectivity index (χ2v) is 8.24. The summed E-state index contributed by atoms with van der Waals surface area (Å²) in [5.74, 6) is -1.29. The molecule has 2 atom stereocenters. The first-order valence-corrected chi connectivity index (χ1v) is 10.9. The molecule has 0 aliphatic heterocycles. The van der Waals surface area contributed by atoms with E-state index in [4.69, 9.17) is 14.2 Å². The monoisotopic (exact) mass is 437 g/mol. The number of benzene rings is 2. The maximum atomic E-state index is 12.6. The van der Waals surface area contributed by atoms with Gasteiger partial charge in [-0.2, -0.15) is 0 Å². The van der Waals surface area contributed by atoms with Crippen molar-refractivity contribution in [2.24, 2.45) is 5.92 Å². The van der Waals surface area contributed by atoms with Crippen LogP contribution in [0.25, 0.3) is 11.1 Å². The van der Waals surface area contributed by atoms with E-state index in [1.54, 1.807) is 6.92 Å². The number of esters is 2. The van der Waals surface area contributed by atoms with Crippen molar-refractivity contribution in [2.75, 3.05) is 13.7 Å². The second kappa shape index (κ2) is 9.42. The van der Waals surface area contributed by atoms with Gasteiger partial charge in [-0.1, -0.05) is 55.0 Å². The number of hydrogen-bond acceptors (Lipinski definition) is 6. The predicted molar refractivity (Wildman–Crippen MR) is 117 cm³/mol. The maximum absolute atomic E-state index is 12.6. The summed E-state index contributed by atoms with van der Waals surface area (Å²) in [5.41, 5.74) is 4.43. The van der Waals surface area contributed by atoms with E-state index in [9.17, 15) is 14.4 Å². The summed E-state index contributed by atoms with van der Waals surface area (Å²) in [6.45, 7) is 1.67. The van der Waals surface area contributed by atoms with Crippen LogP contribution in [0.2, 0.25) is 0 Å². The van der Waals surface area contributed by atoms with Crippen molar-refractivity contribution < 1.29 is 28.6 Å².